The van der Waals surface area contributed by atoms with Gasteiger partial charge in [0.2, 0.25) is 11.9 Å². The molecular formula is C23H19Cl2N5O7S4. The van der Waals surface area contributed by atoms with Crippen LogP contribution in [0.5, 0.6) is 0 Å². The van der Waals surface area contributed by atoms with Crippen molar-refractivity contribution in [3.8, 4) is 0 Å². The van der Waals surface area contributed by atoms with Gasteiger partial charge in [0, 0.05) is 37.8 Å². The Morgan fingerprint density at radius 2 is 1.93 bits per heavy atom. The molecule has 0 radical (unpaired) electrons. The second-order valence-electron chi connectivity index (χ2n) is 8.17. The number of nitrogens with zero attached hydrogens (tertiary/aromatic N) is 2. The number of nitrogens with one attached hydrogen (secondary N) is 2. The molecule has 2 aliphatic heterocycles. The number of nitrogen functional groups attached to an aromatic ring is 1. The first-order chi connectivity index (χ1) is 19.4. The normalized spacial score (nSPS) is 18.3. The van der Waals surface area contributed by atoms with Gasteiger partial charge in [-0.1, -0.05) is 35.0 Å². The Labute approximate surface area is 258 Å². The van der Waals surface area contributed by atoms with E-state index in [0.717, 1.165) is 17.8 Å². The number of aliphatic carboxylic acids is 2. The first-order valence-electron chi connectivity index (χ1n) is 11.3. The van der Waals surface area contributed by atoms with E-state index in [2.05, 4.69) is 15.3 Å². The van der Waals surface area contributed by atoms with E-state index in [1.54, 1.807) is 0 Å². The van der Waals surface area contributed by atoms with Crippen LogP contribution in [0.3, 0.4) is 0 Å². The summed E-state index contributed by atoms with van der Waals surface area (Å²) in [6, 6.07) is 3.38. The number of hydrogen-bond acceptors (Lipinski definition) is 11. The van der Waals surface area contributed by atoms with Crippen molar-refractivity contribution in [1.82, 2.24) is 20.2 Å². The van der Waals surface area contributed by atoms with Crippen LogP contribution >= 0.6 is 70.2 Å². The lowest BCUT2D eigenvalue weighted by Crippen LogP contribution is -2.70. The van der Waals surface area contributed by atoms with Crippen LogP contribution < -0.4 is 16.6 Å². The topological polar surface area (TPSA) is 196 Å². The van der Waals surface area contributed by atoms with Gasteiger partial charge in [-0.25, -0.2) is 14.6 Å². The number of carbonyl (C=O) groups is 4. The predicted molar refractivity (Wildman–Crippen MR) is 161 cm³/mol. The minimum atomic E-state index is -1.26. The van der Waals surface area contributed by atoms with Gasteiger partial charge in [0.1, 0.15) is 22.1 Å². The smallest absolute Gasteiger partial charge is 0.353 e. The Morgan fingerprint density at radius 3 is 2.61 bits per heavy atom. The predicted octanol–water partition coefficient (Wildman–Crippen LogP) is 3.03. The molecule has 1 aromatic carbocycles. The highest BCUT2D eigenvalue weighted by molar-refractivity contribution is 8.18. The van der Waals surface area contributed by atoms with Crippen LogP contribution in [0, 0.1) is 0 Å². The van der Waals surface area contributed by atoms with E-state index < -0.39 is 40.7 Å². The fourth-order valence-electron chi connectivity index (χ4n) is 3.69. The molecule has 2 aromatic rings. The van der Waals surface area contributed by atoms with Gasteiger partial charge in [-0.2, -0.15) is 0 Å². The van der Waals surface area contributed by atoms with Gasteiger partial charge in [-0.3, -0.25) is 24.3 Å². The molecule has 3 heterocycles. The van der Waals surface area contributed by atoms with E-state index in [4.69, 9.17) is 34.0 Å². The lowest BCUT2D eigenvalue weighted by molar-refractivity contribution is -0.150. The minimum absolute atomic E-state index is 0.0284. The van der Waals surface area contributed by atoms with Crippen molar-refractivity contribution < 1.29 is 29.4 Å². The molecule has 4 rings (SSSR count). The summed E-state index contributed by atoms with van der Waals surface area (Å²) in [5, 5.41) is 21.9. The molecule has 41 heavy (non-hydrogen) atoms. The number of aromatic nitrogens is 2. The number of aromatic amines is 1. The molecule has 216 valence electrons. The summed E-state index contributed by atoms with van der Waals surface area (Å²) in [5.74, 6) is -3.21. The number of rotatable bonds is 11. The van der Waals surface area contributed by atoms with Crippen molar-refractivity contribution in [2.75, 3.05) is 22.3 Å². The Morgan fingerprint density at radius 1 is 1.17 bits per heavy atom. The fourth-order valence-corrected chi connectivity index (χ4v) is 8.78. The van der Waals surface area contributed by atoms with Crippen LogP contribution in [0.25, 0.3) is 6.08 Å². The average Bonchev–Trinajstić information content (AvgIpc) is 2.90. The number of carboxylic acids is 2. The zero-order valence-corrected chi connectivity index (χ0v) is 25.2. The first-order valence-corrected chi connectivity index (χ1v) is 16.1. The van der Waals surface area contributed by atoms with Gasteiger partial charge in [0.05, 0.1) is 10.8 Å². The number of halogens is 2. The highest BCUT2D eigenvalue weighted by Crippen LogP contribution is 2.44. The zero-order valence-electron chi connectivity index (χ0n) is 20.5. The largest absolute Gasteiger partial charge is 0.478 e. The number of carboxylic acid groups (broad SMARTS) is 2. The first kappa shape index (κ1) is 31.2. The standard InChI is InChI=1S/C23H19Cl2N5O7S4/c24-10-4-12(11(25)3-9(10)1-2-17(33)34)38-7-15(32)27-18-20(35)30-19(22(36)37)13(6-39-21(18)30)40-8-41-16-5-14(31)28-23(26)29-16/h1-5,18,21H,6-8H2,(H,27,32)(H,33,34)(H,36,37)(H3,26,28,29,31)/b2-1+/t18-,21-/m1/s1. The van der Waals surface area contributed by atoms with Gasteiger partial charge in [-0.15, -0.1) is 35.3 Å². The van der Waals surface area contributed by atoms with Crippen molar-refractivity contribution >= 4 is 106 Å². The molecule has 0 bridgehead atoms. The minimum Gasteiger partial charge on any atom is -0.478 e. The third kappa shape index (κ3) is 7.55. The van der Waals surface area contributed by atoms with Crippen LogP contribution in [-0.2, 0) is 19.2 Å². The summed E-state index contributed by atoms with van der Waals surface area (Å²) >= 11 is 17.3. The SMILES string of the molecule is Nc1nc(SCSC2=C(C(=O)O)N3C(=O)[C@@H](NC(=O)CSc4cc(Cl)c(/C=C/C(=O)O)cc4Cl)[C@H]3SC2)cc(=O)[nH]1. The maximum atomic E-state index is 12.9. The summed E-state index contributed by atoms with van der Waals surface area (Å²) in [7, 11) is 0. The highest BCUT2D eigenvalue weighted by Gasteiger charge is 2.54. The molecule has 2 amide bonds. The summed E-state index contributed by atoms with van der Waals surface area (Å²) in [6.07, 6.45) is 2.23. The van der Waals surface area contributed by atoms with Crippen molar-refractivity contribution in [3.05, 3.63) is 60.8 Å². The molecule has 1 aromatic heterocycles. The van der Waals surface area contributed by atoms with Gasteiger partial charge in [-0.05, 0) is 23.8 Å². The van der Waals surface area contributed by atoms with Crippen molar-refractivity contribution in [3.63, 3.8) is 0 Å². The zero-order chi connectivity index (χ0) is 29.8. The van der Waals surface area contributed by atoms with Crippen LogP contribution in [0.15, 0.2) is 49.6 Å². The number of fused-ring (bicyclic) bond motifs is 1. The second-order valence-corrected chi connectivity index (χ2v) is 13.5. The van der Waals surface area contributed by atoms with E-state index in [-0.39, 0.29) is 27.4 Å². The number of nitrogens with two attached hydrogens (primary N) is 1. The number of β-lactam (4-membered cyclic amide) rings is 1. The van der Waals surface area contributed by atoms with E-state index in [9.17, 15) is 29.1 Å². The fraction of sp³-hybridized carbons (Fsp3) is 0.217. The average molecular weight is 677 g/mol. The molecule has 12 nitrogen and oxygen atoms in total. The number of benzene rings is 1. The lowest BCUT2D eigenvalue weighted by atomic mass is 10.1. The number of carbonyl (C=O) groups excluding carboxylic acids is 2. The van der Waals surface area contributed by atoms with Crippen LogP contribution in [0.4, 0.5) is 5.95 Å². The summed E-state index contributed by atoms with van der Waals surface area (Å²) in [6.45, 7) is 0. The quantitative estimate of drug-likeness (QED) is 0.0767. The Bertz CT molecular complexity index is 1550. The second kappa shape index (κ2) is 13.5. The molecule has 0 aliphatic carbocycles. The molecule has 18 heteroatoms. The van der Waals surface area contributed by atoms with Crippen LogP contribution in [-0.4, -0.2) is 76.8 Å². The van der Waals surface area contributed by atoms with Gasteiger partial charge >= 0.3 is 11.9 Å². The van der Waals surface area contributed by atoms with E-state index in [1.807, 2.05) is 0 Å². The number of hydrogen-bond donors (Lipinski definition) is 5. The monoisotopic (exact) mass is 675 g/mol. The molecule has 2 atom stereocenters. The van der Waals surface area contributed by atoms with Crippen molar-refractivity contribution in [1.29, 1.82) is 0 Å². The van der Waals surface area contributed by atoms with E-state index >= 15 is 0 Å². The van der Waals surface area contributed by atoms with Crippen molar-refractivity contribution in [2.45, 2.75) is 21.3 Å². The molecule has 1 saturated heterocycles. The summed E-state index contributed by atoms with van der Waals surface area (Å²) in [5.41, 5.74) is 5.40. The van der Waals surface area contributed by atoms with Crippen LogP contribution in [0.2, 0.25) is 10.0 Å². The number of thioether (sulfide) groups is 4. The Kier molecular flexibility index (Phi) is 10.3. The summed E-state index contributed by atoms with van der Waals surface area (Å²) < 4.78 is 0. The highest BCUT2D eigenvalue weighted by atomic mass is 35.5. The third-order valence-corrected chi connectivity index (χ3v) is 10.8. The molecule has 0 unspecified atom stereocenters. The number of H-pyrrole nitrogens is 1. The molecule has 2 aliphatic rings. The Hall–Kier alpha value is -2.76. The Balaban J connectivity index is 1.35. The molecular weight excluding hydrogens is 657 g/mol. The maximum absolute atomic E-state index is 12.9. The molecule has 0 spiro atoms. The molecule has 6 N–H and O–H groups in total. The van der Waals surface area contributed by atoms with E-state index in [1.165, 1.54) is 64.5 Å². The summed E-state index contributed by atoms with van der Waals surface area (Å²) in [4.78, 5) is 68.4. The lowest BCUT2D eigenvalue weighted by Gasteiger charge is -2.49. The van der Waals surface area contributed by atoms with Gasteiger partial charge < -0.3 is 21.3 Å². The molecule has 0 saturated carbocycles. The van der Waals surface area contributed by atoms with Gasteiger partial charge in [0.25, 0.3) is 11.5 Å². The molecule has 1 fully saturated rings. The number of anilines is 1. The number of amides is 2. The van der Waals surface area contributed by atoms with Crippen molar-refractivity contribution in [2.24, 2.45) is 0 Å². The maximum Gasteiger partial charge on any atom is 0.353 e. The van der Waals surface area contributed by atoms with Crippen LogP contribution in [0.1, 0.15) is 5.56 Å². The third-order valence-electron chi connectivity index (χ3n) is 5.44. The van der Waals surface area contributed by atoms with Gasteiger partial charge in [0.15, 0.2) is 0 Å². The van der Waals surface area contributed by atoms with E-state index in [0.29, 0.717) is 31.2 Å².